The molecule has 1 aromatic carbocycles. The van der Waals surface area contributed by atoms with E-state index in [1.165, 1.54) is 0 Å². The topological polar surface area (TPSA) is 68.2 Å². The van der Waals surface area contributed by atoms with E-state index in [4.69, 9.17) is 14.2 Å². The molecule has 1 aromatic rings. The molecule has 20 heavy (non-hydrogen) atoms. The molecule has 110 valence electrons. The quantitative estimate of drug-likeness (QED) is 0.756. The lowest BCUT2D eigenvalue weighted by molar-refractivity contribution is -0.280. The van der Waals surface area contributed by atoms with Crippen molar-refractivity contribution in [1.82, 2.24) is 0 Å². The van der Waals surface area contributed by atoms with Crippen LogP contribution in [0.2, 0.25) is 0 Å². The van der Waals surface area contributed by atoms with E-state index in [-0.39, 0.29) is 6.61 Å². The van der Waals surface area contributed by atoms with Crippen LogP contribution < -0.4 is 0 Å². The summed E-state index contributed by atoms with van der Waals surface area (Å²) in [6.45, 7) is 4.19. The number of hydrogen-bond donors (Lipinski definition) is 2. The van der Waals surface area contributed by atoms with Gasteiger partial charge in [-0.1, -0.05) is 36.4 Å². The minimum atomic E-state index is -1.04. The van der Waals surface area contributed by atoms with Gasteiger partial charge in [-0.25, -0.2) is 0 Å². The maximum atomic E-state index is 10.0. The minimum absolute atomic E-state index is 0.0220. The van der Waals surface area contributed by atoms with E-state index in [2.05, 4.69) is 6.58 Å². The van der Waals surface area contributed by atoms with Gasteiger partial charge in [-0.3, -0.25) is 0 Å². The maximum Gasteiger partial charge on any atom is 0.186 e. The lowest BCUT2D eigenvalue weighted by atomic mass is 10.1. The van der Waals surface area contributed by atoms with Crippen LogP contribution in [0.15, 0.2) is 43.0 Å². The summed E-state index contributed by atoms with van der Waals surface area (Å²) in [7, 11) is 0. The lowest BCUT2D eigenvalue weighted by Crippen LogP contribution is -2.54. The number of benzene rings is 1. The van der Waals surface area contributed by atoms with Crippen molar-refractivity contribution in [2.24, 2.45) is 0 Å². The zero-order valence-corrected chi connectivity index (χ0v) is 11.2. The average Bonchev–Trinajstić information content (AvgIpc) is 2.48. The van der Waals surface area contributed by atoms with Gasteiger partial charge in [0.25, 0.3) is 0 Å². The Morgan fingerprint density at radius 1 is 1.25 bits per heavy atom. The van der Waals surface area contributed by atoms with Gasteiger partial charge in [-0.2, -0.15) is 0 Å². The van der Waals surface area contributed by atoms with Crippen LogP contribution in [0, 0.1) is 0 Å². The van der Waals surface area contributed by atoms with Crippen LogP contribution in [0.5, 0.6) is 0 Å². The second-order valence-electron chi connectivity index (χ2n) is 4.64. The Morgan fingerprint density at radius 2 is 2.00 bits per heavy atom. The number of ether oxygens (including phenoxy) is 3. The molecular weight excluding hydrogens is 260 g/mol. The zero-order chi connectivity index (χ0) is 14.4. The molecule has 4 atom stereocenters. The van der Waals surface area contributed by atoms with Gasteiger partial charge in [-0.05, 0) is 5.56 Å². The first-order chi connectivity index (χ1) is 9.72. The Balaban J connectivity index is 1.97. The largest absolute Gasteiger partial charge is 0.388 e. The molecule has 1 heterocycles. The summed E-state index contributed by atoms with van der Waals surface area (Å²) in [6.07, 6.45) is -1.87. The Bertz CT molecular complexity index is 408. The second-order valence-corrected chi connectivity index (χ2v) is 4.64. The summed E-state index contributed by atoms with van der Waals surface area (Å²) < 4.78 is 16.4. The number of aliphatic hydroxyl groups excluding tert-OH is 2. The highest BCUT2D eigenvalue weighted by atomic mass is 16.7. The van der Waals surface area contributed by atoms with Crippen LogP contribution in [-0.4, -0.2) is 48.0 Å². The first-order valence-corrected chi connectivity index (χ1v) is 6.58. The smallest absolute Gasteiger partial charge is 0.186 e. The van der Waals surface area contributed by atoms with Gasteiger partial charge in [0.05, 0.1) is 19.8 Å². The molecule has 0 bridgehead atoms. The summed E-state index contributed by atoms with van der Waals surface area (Å²) >= 11 is 0. The fourth-order valence-corrected chi connectivity index (χ4v) is 2.02. The van der Waals surface area contributed by atoms with Gasteiger partial charge in [0, 0.05) is 0 Å². The Kier molecular flexibility index (Phi) is 5.70. The lowest BCUT2D eigenvalue weighted by Gasteiger charge is -2.37. The molecule has 0 saturated carbocycles. The predicted octanol–water partition coefficient (Wildman–Crippen LogP) is 0.852. The number of aliphatic hydroxyl groups is 2. The third-order valence-electron chi connectivity index (χ3n) is 3.09. The first-order valence-electron chi connectivity index (χ1n) is 6.58. The standard InChI is InChI=1S/C15H20O5/c1-2-8-18-15-14(13(17)12(16)10-20-15)19-9-11-6-4-3-5-7-11/h2-7,12-17H,1,8-10H2/t12-,13+,14-,15+/m1/s1. The van der Waals surface area contributed by atoms with E-state index >= 15 is 0 Å². The van der Waals surface area contributed by atoms with Gasteiger partial charge < -0.3 is 24.4 Å². The monoisotopic (exact) mass is 280 g/mol. The Labute approximate surface area is 118 Å². The molecule has 1 fully saturated rings. The van der Waals surface area contributed by atoms with Crippen molar-refractivity contribution in [3.8, 4) is 0 Å². The molecule has 5 heteroatoms. The molecule has 0 aliphatic carbocycles. The number of hydrogen-bond acceptors (Lipinski definition) is 5. The van der Waals surface area contributed by atoms with Crippen molar-refractivity contribution >= 4 is 0 Å². The van der Waals surface area contributed by atoms with E-state index < -0.39 is 24.6 Å². The maximum absolute atomic E-state index is 10.0. The van der Waals surface area contributed by atoms with Crippen molar-refractivity contribution in [2.45, 2.75) is 31.2 Å². The fourth-order valence-electron chi connectivity index (χ4n) is 2.02. The number of rotatable bonds is 6. The van der Waals surface area contributed by atoms with E-state index in [0.29, 0.717) is 13.2 Å². The van der Waals surface area contributed by atoms with Crippen LogP contribution in [-0.2, 0) is 20.8 Å². The molecule has 2 N–H and O–H groups in total. The van der Waals surface area contributed by atoms with Crippen LogP contribution in [0.25, 0.3) is 0 Å². The van der Waals surface area contributed by atoms with Crippen LogP contribution >= 0.6 is 0 Å². The summed E-state index contributed by atoms with van der Waals surface area (Å²) in [4.78, 5) is 0. The predicted molar refractivity (Wildman–Crippen MR) is 72.9 cm³/mol. The molecule has 0 aromatic heterocycles. The van der Waals surface area contributed by atoms with E-state index in [1.807, 2.05) is 30.3 Å². The normalized spacial score (nSPS) is 30.1. The molecule has 0 unspecified atom stereocenters. The Morgan fingerprint density at radius 3 is 2.70 bits per heavy atom. The van der Waals surface area contributed by atoms with Gasteiger partial charge in [-0.15, -0.1) is 6.58 Å². The van der Waals surface area contributed by atoms with Crippen molar-refractivity contribution < 1.29 is 24.4 Å². The summed E-state index contributed by atoms with van der Waals surface area (Å²) in [5, 5.41) is 19.7. The SMILES string of the molecule is C=CCO[C@H]1OC[C@@H](O)[C@H](O)[C@H]1OCc1ccccc1. The highest BCUT2D eigenvalue weighted by molar-refractivity contribution is 5.13. The molecular formula is C15H20O5. The second kappa shape index (κ2) is 7.52. The molecule has 1 aliphatic rings. The third kappa shape index (κ3) is 3.88. The molecule has 0 radical (unpaired) electrons. The average molecular weight is 280 g/mol. The van der Waals surface area contributed by atoms with E-state index in [1.54, 1.807) is 6.08 Å². The fraction of sp³-hybridized carbons (Fsp3) is 0.467. The highest BCUT2D eigenvalue weighted by Crippen LogP contribution is 2.21. The van der Waals surface area contributed by atoms with Crippen molar-refractivity contribution in [1.29, 1.82) is 0 Å². The molecule has 1 saturated heterocycles. The van der Waals surface area contributed by atoms with Crippen molar-refractivity contribution in [3.63, 3.8) is 0 Å². The highest BCUT2D eigenvalue weighted by Gasteiger charge is 2.40. The van der Waals surface area contributed by atoms with Crippen molar-refractivity contribution in [2.75, 3.05) is 13.2 Å². The first kappa shape index (κ1) is 15.2. The third-order valence-corrected chi connectivity index (χ3v) is 3.09. The van der Waals surface area contributed by atoms with Gasteiger partial charge in [0.1, 0.15) is 18.3 Å². The molecule has 0 amide bonds. The molecule has 5 nitrogen and oxygen atoms in total. The Hall–Kier alpha value is -1.24. The zero-order valence-electron chi connectivity index (χ0n) is 11.2. The summed E-state index contributed by atoms with van der Waals surface area (Å²) in [5.74, 6) is 0. The van der Waals surface area contributed by atoms with E-state index in [0.717, 1.165) is 5.56 Å². The summed E-state index contributed by atoms with van der Waals surface area (Å²) in [6, 6.07) is 9.58. The molecule has 1 aliphatic heterocycles. The van der Waals surface area contributed by atoms with Gasteiger partial charge in [0.15, 0.2) is 6.29 Å². The van der Waals surface area contributed by atoms with Gasteiger partial charge >= 0.3 is 0 Å². The van der Waals surface area contributed by atoms with Crippen LogP contribution in [0.4, 0.5) is 0 Å². The molecule has 0 spiro atoms. The minimum Gasteiger partial charge on any atom is -0.388 e. The van der Waals surface area contributed by atoms with Gasteiger partial charge in [0.2, 0.25) is 0 Å². The van der Waals surface area contributed by atoms with Crippen LogP contribution in [0.1, 0.15) is 5.56 Å². The molecule has 2 rings (SSSR count). The van der Waals surface area contributed by atoms with Crippen molar-refractivity contribution in [3.05, 3.63) is 48.6 Å². The van der Waals surface area contributed by atoms with Crippen LogP contribution in [0.3, 0.4) is 0 Å². The van der Waals surface area contributed by atoms with E-state index in [9.17, 15) is 10.2 Å². The summed E-state index contributed by atoms with van der Waals surface area (Å²) in [5.41, 5.74) is 0.974.